The van der Waals surface area contributed by atoms with Crippen LogP contribution < -0.4 is 9.80 Å². The van der Waals surface area contributed by atoms with Gasteiger partial charge in [-0.2, -0.15) is 0 Å². The number of nitrogens with zero attached hydrogens (tertiary/aromatic N) is 6. The summed E-state index contributed by atoms with van der Waals surface area (Å²) < 4.78 is 0. The number of piperidine rings is 1. The van der Waals surface area contributed by atoms with E-state index in [1.165, 1.54) is 12.8 Å². The molecule has 3 rings (SSSR count). The van der Waals surface area contributed by atoms with Gasteiger partial charge in [0.2, 0.25) is 0 Å². The lowest BCUT2D eigenvalue weighted by Gasteiger charge is -2.33. The van der Waals surface area contributed by atoms with Gasteiger partial charge in [-0.1, -0.05) is 0 Å². The monoisotopic (exact) mass is 298 g/mol. The van der Waals surface area contributed by atoms with E-state index in [0.717, 1.165) is 36.8 Å². The van der Waals surface area contributed by atoms with E-state index in [1.54, 1.807) is 24.8 Å². The first-order valence-electron chi connectivity index (χ1n) is 7.72. The van der Waals surface area contributed by atoms with Gasteiger partial charge in [0, 0.05) is 52.0 Å². The van der Waals surface area contributed by atoms with E-state index in [0.29, 0.717) is 5.92 Å². The molecule has 1 aliphatic heterocycles. The summed E-state index contributed by atoms with van der Waals surface area (Å²) in [5.41, 5.74) is 1.08. The van der Waals surface area contributed by atoms with Crippen LogP contribution >= 0.6 is 0 Å². The molecule has 0 amide bonds. The van der Waals surface area contributed by atoms with Crippen LogP contribution in [0.15, 0.2) is 31.0 Å². The van der Waals surface area contributed by atoms with E-state index < -0.39 is 0 Å². The van der Waals surface area contributed by atoms with Crippen LogP contribution in [0.4, 0.5) is 11.6 Å². The maximum Gasteiger partial charge on any atom is 0.149 e. The Morgan fingerprint density at radius 1 is 1.14 bits per heavy atom. The predicted octanol–water partition coefficient (Wildman–Crippen LogP) is 1.79. The van der Waals surface area contributed by atoms with E-state index in [-0.39, 0.29) is 0 Å². The normalized spacial score (nSPS) is 18.3. The lowest BCUT2D eigenvalue weighted by molar-refractivity contribution is 0.408. The highest BCUT2D eigenvalue weighted by Gasteiger charge is 2.23. The number of hydrogen-bond acceptors (Lipinski definition) is 6. The third-order valence-electron chi connectivity index (χ3n) is 4.05. The summed E-state index contributed by atoms with van der Waals surface area (Å²) in [6.07, 6.45) is 12.2. The van der Waals surface area contributed by atoms with Gasteiger partial charge in [-0.05, 0) is 25.2 Å². The largest absolute Gasteiger partial charge is 0.361 e. The molecule has 0 N–H and O–H groups in total. The fourth-order valence-corrected chi connectivity index (χ4v) is 3.04. The predicted molar refractivity (Wildman–Crippen MR) is 87.0 cm³/mol. The number of hydrogen-bond donors (Lipinski definition) is 0. The van der Waals surface area contributed by atoms with E-state index in [4.69, 9.17) is 0 Å². The molecule has 0 radical (unpaired) electrons. The van der Waals surface area contributed by atoms with Gasteiger partial charge in [0.15, 0.2) is 0 Å². The smallest absolute Gasteiger partial charge is 0.149 e. The van der Waals surface area contributed by atoms with Gasteiger partial charge < -0.3 is 9.80 Å². The van der Waals surface area contributed by atoms with E-state index in [9.17, 15) is 0 Å². The summed E-state index contributed by atoms with van der Waals surface area (Å²) in [4.78, 5) is 21.9. The molecule has 0 spiro atoms. The average molecular weight is 298 g/mol. The van der Waals surface area contributed by atoms with E-state index in [2.05, 4.69) is 24.8 Å². The van der Waals surface area contributed by atoms with Gasteiger partial charge in [-0.25, -0.2) is 9.97 Å². The third kappa shape index (κ3) is 3.32. The molecule has 2 aromatic rings. The van der Waals surface area contributed by atoms with Crippen LogP contribution in [0.2, 0.25) is 0 Å². The zero-order valence-corrected chi connectivity index (χ0v) is 13.2. The van der Waals surface area contributed by atoms with Crippen LogP contribution in [-0.4, -0.2) is 47.1 Å². The summed E-state index contributed by atoms with van der Waals surface area (Å²) in [5.74, 6) is 2.52. The topological polar surface area (TPSA) is 58.0 Å². The van der Waals surface area contributed by atoms with Gasteiger partial charge in [-0.3, -0.25) is 9.97 Å². The minimum atomic E-state index is 0.575. The maximum absolute atomic E-state index is 4.54. The quantitative estimate of drug-likeness (QED) is 0.858. The minimum Gasteiger partial charge on any atom is -0.361 e. The van der Waals surface area contributed by atoms with Crippen molar-refractivity contribution in [3.63, 3.8) is 0 Å². The summed E-state index contributed by atoms with van der Waals surface area (Å²) >= 11 is 0. The van der Waals surface area contributed by atoms with Gasteiger partial charge >= 0.3 is 0 Å². The molecular formula is C16H22N6. The Hall–Kier alpha value is -2.24. The molecule has 1 fully saturated rings. The number of anilines is 2. The second-order valence-electron chi connectivity index (χ2n) is 5.94. The molecule has 0 aromatic carbocycles. The SMILES string of the molecule is CN(C)c1nccnc1C[C@@H]1CCCN(c2cnccn2)C1. The maximum atomic E-state index is 4.54. The van der Waals surface area contributed by atoms with Crippen LogP contribution in [0, 0.1) is 5.92 Å². The van der Waals surface area contributed by atoms with E-state index >= 15 is 0 Å². The Kier molecular flexibility index (Phi) is 4.46. The second kappa shape index (κ2) is 6.68. The first kappa shape index (κ1) is 14.7. The Morgan fingerprint density at radius 3 is 2.73 bits per heavy atom. The standard InChI is InChI=1S/C16H22N6/c1-21(2)16-14(18-7-8-20-16)10-13-4-3-9-22(12-13)15-11-17-5-6-19-15/h5-8,11,13H,3-4,9-10,12H2,1-2H3/t13-/m0/s1. The molecule has 1 saturated heterocycles. The molecule has 2 aromatic heterocycles. The Labute approximate surface area is 131 Å². The van der Waals surface area contributed by atoms with Crippen molar-refractivity contribution in [3.8, 4) is 0 Å². The number of aromatic nitrogens is 4. The molecular weight excluding hydrogens is 276 g/mol. The zero-order valence-electron chi connectivity index (χ0n) is 13.2. The molecule has 0 unspecified atom stereocenters. The fraction of sp³-hybridized carbons (Fsp3) is 0.500. The molecule has 0 bridgehead atoms. The first-order valence-corrected chi connectivity index (χ1v) is 7.72. The third-order valence-corrected chi connectivity index (χ3v) is 4.05. The van der Waals surface area contributed by atoms with Crippen molar-refractivity contribution in [1.82, 2.24) is 19.9 Å². The first-order chi connectivity index (χ1) is 10.7. The van der Waals surface area contributed by atoms with Crippen molar-refractivity contribution in [3.05, 3.63) is 36.7 Å². The summed E-state index contributed by atoms with van der Waals surface area (Å²) in [6, 6.07) is 0. The van der Waals surface area contributed by atoms with Gasteiger partial charge in [-0.15, -0.1) is 0 Å². The van der Waals surface area contributed by atoms with Gasteiger partial charge in [0.05, 0.1) is 11.9 Å². The molecule has 116 valence electrons. The molecule has 6 heteroatoms. The van der Waals surface area contributed by atoms with Crippen molar-refractivity contribution in [1.29, 1.82) is 0 Å². The highest BCUT2D eigenvalue weighted by molar-refractivity contribution is 5.42. The van der Waals surface area contributed by atoms with E-state index in [1.807, 2.05) is 25.2 Å². The van der Waals surface area contributed by atoms with Crippen molar-refractivity contribution >= 4 is 11.6 Å². The number of rotatable bonds is 4. The Bertz CT molecular complexity index is 601. The van der Waals surface area contributed by atoms with Crippen LogP contribution in [0.3, 0.4) is 0 Å². The van der Waals surface area contributed by atoms with Crippen LogP contribution in [-0.2, 0) is 6.42 Å². The molecule has 3 heterocycles. The Morgan fingerprint density at radius 2 is 1.95 bits per heavy atom. The van der Waals surface area contributed by atoms with Crippen molar-refractivity contribution in [2.24, 2.45) is 5.92 Å². The van der Waals surface area contributed by atoms with Crippen molar-refractivity contribution in [2.45, 2.75) is 19.3 Å². The fourth-order valence-electron chi connectivity index (χ4n) is 3.04. The second-order valence-corrected chi connectivity index (χ2v) is 5.94. The summed E-state index contributed by atoms with van der Waals surface area (Å²) in [7, 11) is 4.03. The molecule has 6 nitrogen and oxygen atoms in total. The minimum absolute atomic E-state index is 0.575. The molecule has 1 atom stereocenters. The zero-order chi connectivity index (χ0) is 15.4. The Balaban J connectivity index is 1.71. The van der Waals surface area contributed by atoms with Gasteiger partial charge in [0.25, 0.3) is 0 Å². The lowest BCUT2D eigenvalue weighted by Crippen LogP contribution is -2.37. The highest BCUT2D eigenvalue weighted by Crippen LogP contribution is 2.25. The molecule has 1 aliphatic rings. The summed E-state index contributed by atoms with van der Waals surface area (Å²) in [5, 5.41) is 0. The van der Waals surface area contributed by atoms with Crippen molar-refractivity contribution < 1.29 is 0 Å². The van der Waals surface area contributed by atoms with Crippen LogP contribution in [0.25, 0.3) is 0 Å². The average Bonchev–Trinajstić information content (AvgIpc) is 2.56. The summed E-state index contributed by atoms with van der Waals surface area (Å²) in [6.45, 7) is 2.05. The van der Waals surface area contributed by atoms with Gasteiger partial charge in [0.1, 0.15) is 11.6 Å². The highest BCUT2D eigenvalue weighted by atomic mass is 15.2. The molecule has 0 aliphatic carbocycles. The van der Waals surface area contributed by atoms with Crippen LogP contribution in [0.5, 0.6) is 0 Å². The van der Waals surface area contributed by atoms with Crippen LogP contribution in [0.1, 0.15) is 18.5 Å². The molecule has 0 saturated carbocycles. The molecule has 22 heavy (non-hydrogen) atoms. The lowest BCUT2D eigenvalue weighted by atomic mass is 9.93. The van der Waals surface area contributed by atoms with Crippen molar-refractivity contribution in [2.75, 3.05) is 37.0 Å².